The molecule has 1 aromatic heterocycles. The molecule has 1 N–H and O–H groups in total. The van der Waals surface area contributed by atoms with Crippen molar-refractivity contribution in [1.29, 1.82) is 0 Å². The third kappa shape index (κ3) is 3.92. The van der Waals surface area contributed by atoms with Crippen molar-refractivity contribution >= 4 is 17.7 Å². The molecule has 0 spiro atoms. The number of carboxylic acids is 1. The van der Waals surface area contributed by atoms with Crippen LogP contribution in [0.3, 0.4) is 0 Å². The van der Waals surface area contributed by atoms with Crippen molar-refractivity contribution in [2.45, 2.75) is 17.5 Å². The summed E-state index contributed by atoms with van der Waals surface area (Å²) < 4.78 is 14.2. The highest BCUT2D eigenvalue weighted by molar-refractivity contribution is 7.98. The average Bonchev–Trinajstić information content (AvgIpc) is 2.40. The van der Waals surface area contributed by atoms with Gasteiger partial charge in [0.1, 0.15) is 12.4 Å². The molecule has 0 aliphatic rings. The van der Waals surface area contributed by atoms with Gasteiger partial charge in [0.15, 0.2) is 5.16 Å². The molecule has 0 aliphatic carbocycles. The summed E-state index contributed by atoms with van der Waals surface area (Å²) in [6.07, 6.45) is 1.40. The van der Waals surface area contributed by atoms with E-state index in [0.29, 0.717) is 10.9 Å². The van der Waals surface area contributed by atoms with Gasteiger partial charge in [-0.25, -0.2) is 4.39 Å². The second-order valence-corrected chi connectivity index (χ2v) is 4.93. The molecule has 0 atom stereocenters. The molecule has 0 saturated heterocycles. The number of carbonyl (C=O) groups is 1. The second-order valence-electron chi connectivity index (χ2n) is 3.99. The average molecular weight is 294 g/mol. The standard InChI is InChI=1S/C13H11FN2O3S/c14-10-3-1-9(2-4-10)8-20-13-15-11(17)5-6-16(13)7-12(18)19/h1-6H,7-8H2,(H,18,19). The van der Waals surface area contributed by atoms with Gasteiger partial charge in [0.2, 0.25) is 0 Å². The number of aliphatic carboxylic acids is 1. The van der Waals surface area contributed by atoms with Gasteiger partial charge >= 0.3 is 5.97 Å². The summed E-state index contributed by atoms with van der Waals surface area (Å²) in [5, 5.41) is 9.12. The molecule has 1 heterocycles. The van der Waals surface area contributed by atoms with Crippen LogP contribution in [-0.4, -0.2) is 20.6 Å². The van der Waals surface area contributed by atoms with E-state index in [1.807, 2.05) is 0 Å². The summed E-state index contributed by atoms with van der Waals surface area (Å²) in [5.41, 5.74) is 0.435. The van der Waals surface area contributed by atoms with Crippen molar-refractivity contribution in [3.63, 3.8) is 0 Å². The van der Waals surface area contributed by atoms with E-state index in [1.54, 1.807) is 12.1 Å². The lowest BCUT2D eigenvalue weighted by Crippen LogP contribution is -2.17. The van der Waals surface area contributed by atoms with E-state index in [9.17, 15) is 14.0 Å². The van der Waals surface area contributed by atoms with Crippen LogP contribution in [0.4, 0.5) is 4.39 Å². The lowest BCUT2D eigenvalue weighted by molar-refractivity contribution is -0.137. The summed E-state index contributed by atoms with van der Waals surface area (Å²) >= 11 is 1.23. The van der Waals surface area contributed by atoms with E-state index in [2.05, 4.69) is 4.98 Å². The minimum Gasteiger partial charge on any atom is -0.480 e. The number of aromatic nitrogens is 2. The Balaban J connectivity index is 2.15. The maximum atomic E-state index is 12.8. The first-order valence-electron chi connectivity index (χ1n) is 5.71. The Hall–Kier alpha value is -2.15. The molecule has 5 nitrogen and oxygen atoms in total. The molecule has 0 radical (unpaired) electrons. The fraction of sp³-hybridized carbons (Fsp3) is 0.154. The maximum Gasteiger partial charge on any atom is 0.323 e. The number of hydrogen-bond acceptors (Lipinski definition) is 4. The topological polar surface area (TPSA) is 72.2 Å². The van der Waals surface area contributed by atoms with Crippen LogP contribution in [0.15, 0.2) is 46.5 Å². The van der Waals surface area contributed by atoms with Crippen LogP contribution < -0.4 is 5.56 Å². The van der Waals surface area contributed by atoms with Crippen molar-refractivity contribution in [3.8, 4) is 0 Å². The van der Waals surface area contributed by atoms with Crippen LogP contribution in [0.1, 0.15) is 5.56 Å². The molecule has 0 saturated carbocycles. The third-order valence-electron chi connectivity index (χ3n) is 2.44. The number of rotatable bonds is 5. The van der Waals surface area contributed by atoms with E-state index < -0.39 is 11.5 Å². The van der Waals surface area contributed by atoms with Crippen molar-refractivity contribution in [2.75, 3.05) is 0 Å². The predicted octanol–water partition coefficient (Wildman–Crippen LogP) is 1.76. The Morgan fingerprint density at radius 2 is 2.00 bits per heavy atom. The largest absolute Gasteiger partial charge is 0.480 e. The molecule has 7 heteroatoms. The molecule has 20 heavy (non-hydrogen) atoms. The van der Waals surface area contributed by atoms with Gasteiger partial charge in [0, 0.05) is 18.0 Å². The number of benzene rings is 1. The predicted molar refractivity (Wildman–Crippen MR) is 72.1 cm³/mol. The molecule has 104 valence electrons. The first-order chi connectivity index (χ1) is 9.54. The van der Waals surface area contributed by atoms with Gasteiger partial charge in [-0.2, -0.15) is 4.98 Å². The summed E-state index contributed by atoms with van der Waals surface area (Å²) in [5.74, 6) is -0.866. The molecular weight excluding hydrogens is 283 g/mol. The minimum absolute atomic E-state index is 0.265. The van der Waals surface area contributed by atoms with E-state index in [0.717, 1.165) is 5.56 Å². The zero-order chi connectivity index (χ0) is 14.5. The highest BCUT2D eigenvalue weighted by atomic mass is 32.2. The van der Waals surface area contributed by atoms with Gasteiger partial charge in [-0.1, -0.05) is 23.9 Å². The molecule has 1 aromatic carbocycles. The number of hydrogen-bond donors (Lipinski definition) is 1. The SMILES string of the molecule is O=C(O)Cn1ccc(=O)nc1SCc1ccc(F)cc1. The molecule has 2 aromatic rings. The van der Waals surface area contributed by atoms with Crippen LogP contribution in [0.25, 0.3) is 0 Å². The summed E-state index contributed by atoms with van der Waals surface area (Å²) in [6.45, 7) is -0.265. The van der Waals surface area contributed by atoms with Gasteiger partial charge in [-0.3, -0.25) is 9.59 Å². The Morgan fingerprint density at radius 1 is 1.30 bits per heavy atom. The quantitative estimate of drug-likeness (QED) is 0.672. The Morgan fingerprint density at radius 3 is 2.65 bits per heavy atom. The normalized spacial score (nSPS) is 10.4. The van der Waals surface area contributed by atoms with Gasteiger partial charge in [-0.15, -0.1) is 0 Å². The minimum atomic E-state index is -1.01. The van der Waals surface area contributed by atoms with Gasteiger partial charge in [0.05, 0.1) is 0 Å². The maximum absolute atomic E-state index is 12.8. The Kier molecular flexibility index (Phi) is 4.52. The highest BCUT2D eigenvalue weighted by Crippen LogP contribution is 2.20. The fourth-order valence-corrected chi connectivity index (χ4v) is 2.46. The van der Waals surface area contributed by atoms with Crippen LogP contribution >= 0.6 is 11.8 Å². The number of thioether (sulfide) groups is 1. The molecule has 2 rings (SSSR count). The lowest BCUT2D eigenvalue weighted by Gasteiger charge is -2.09. The van der Waals surface area contributed by atoms with Gasteiger partial charge in [0.25, 0.3) is 5.56 Å². The van der Waals surface area contributed by atoms with Crippen molar-refractivity contribution in [1.82, 2.24) is 9.55 Å². The lowest BCUT2D eigenvalue weighted by atomic mass is 10.2. The van der Waals surface area contributed by atoms with Gasteiger partial charge < -0.3 is 9.67 Å². The zero-order valence-corrected chi connectivity index (χ0v) is 11.1. The summed E-state index contributed by atoms with van der Waals surface area (Å²) in [6, 6.07) is 7.16. The Labute approximate surface area is 118 Å². The molecule has 0 fully saturated rings. The summed E-state index contributed by atoms with van der Waals surface area (Å²) in [4.78, 5) is 25.8. The Bertz CT molecular complexity index is 670. The van der Waals surface area contributed by atoms with Crippen LogP contribution in [0.5, 0.6) is 0 Å². The van der Waals surface area contributed by atoms with Gasteiger partial charge in [-0.05, 0) is 17.7 Å². The van der Waals surface area contributed by atoms with E-state index in [-0.39, 0.29) is 12.4 Å². The van der Waals surface area contributed by atoms with E-state index in [1.165, 1.54) is 40.7 Å². The van der Waals surface area contributed by atoms with Crippen molar-refractivity contribution in [2.24, 2.45) is 0 Å². The van der Waals surface area contributed by atoms with E-state index in [4.69, 9.17) is 5.11 Å². The number of carboxylic acid groups (broad SMARTS) is 1. The highest BCUT2D eigenvalue weighted by Gasteiger charge is 2.07. The van der Waals surface area contributed by atoms with Crippen molar-refractivity contribution in [3.05, 3.63) is 58.3 Å². The molecular formula is C13H11FN2O3S. The number of nitrogens with zero attached hydrogens (tertiary/aromatic N) is 2. The first kappa shape index (κ1) is 14.3. The van der Waals surface area contributed by atoms with Crippen LogP contribution in [-0.2, 0) is 17.1 Å². The first-order valence-corrected chi connectivity index (χ1v) is 6.69. The summed E-state index contributed by atoms with van der Waals surface area (Å²) in [7, 11) is 0. The smallest absolute Gasteiger partial charge is 0.323 e. The van der Waals surface area contributed by atoms with E-state index >= 15 is 0 Å². The van der Waals surface area contributed by atoms with Crippen molar-refractivity contribution < 1.29 is 14.3 Å². The zero-order valence-electron chi connectivity index (χ0n) is 10.3. The third-order valence-corrected chi connectivity index (χ3v) is 3.50. The molecule has 0 unspecified atom stereocenters. The second kappa shape index (κ2) is 6.33. The number of halogens is 1. The van der Waals surface area contributed by atoms with Crippen LogP contribution in [0.2, 0.25) is 0 Å². The van der Waals surface area contributed by atoms with Crippen LogP contribution in [0, 0.1) is 5.82 Å². The molecule has 0 amide bonds. The molecule has 0 aliphatic heterocycles. The molecule has 0 bridgehead atoms. The monoisotopic (exact) mass is 294 g/mol. The fourth-order valence-electron chi connectivity index (χ4n) is 1.52.